The highest BCUT2D eigenvalue weighted by atomic mass is 16.1. The quantitative estimate of drug-likeness (QED) is 0.844. The fraction of sp³-hybridized carbons (Fsp3) is 0.462. The Morgan fingerprint density at radius 2 is 2.17 bits per heavy atom. The Morgan fingerprint density at radius 1 is 1.56 bits per heavy atom. The van der Waals surface area contributed by atoms with Gasteiger partial charge in [-0.05, 0) is 39.3 Å². The van der Waals surface area contributed by atoms with Gasteiger partial charge in [-0.3, -0.25) is 4.79 Å². The Bertz CT molecular complexity index is 514. The smallest absolute Gasteiger partial charge is 0.219 e. The third-order valence-corrected chi connectivity index (χ3v) is 2.53. The van der Waals surface area contributed by atoms with Crippen molar-refractivity contribution in [2.24, 2.45) is 5.73 Å². The minimum atomic E-state index is -0.537. The van der Waals surface area contributed by atoms with Crippen molar-refractivity contribution >= 4 is 11.7 Å². The van der Waals surface area contributed by atoms with Gasteiger partial charge in [-0.15, -0.1) is 0 Å². The van der Waals surface area contributed by atoms with Crippen LogP contribution in [-0.2, 0) is 4.79 Å². The van der Waals surface area contributed by atoms with Crippen molar-refractivity contribution in [2.45, 2.75) is 39.7 Å². The first-order valence-electron chi connectivity index (χ1n) is 5.70. The van der Waals surface area contributed by atoms with Gasteiger partial charge in [0.15, 0.2) is 0 Å². The van der Waals surface area contributed by atoms with Crippen molar-refractivity contribution in [3.05, 3.63) is 22.9 Å². The van der Waals surface area contributed by atoms with E-state index in [0.717, 1.165) is 11.3 Å². The Kier molecular flexibility index (Phi) is 3.92. The molecule has 1 rings (SSSR count). The van der Waals surface area contributed by atoms with E-state index in [2.05, 4.69) is 16.4 Å². The number of nitrogens with one attached hydrogen (secondary N) is 1. The van der Waals surface area contributed by atoms with E-state index in [-0.39, 0.29) is 6.42 Å². The third kappa shape index (κ3) is 3.45. The molecule has 0 spiro atoms. The van der Waals surface area contributed by atoms with Crippen LogP contribution in [0.3, 0.4) is 0 Å². The van der Waals surface area contributed by atoms with Crippen molar-refractivity contribution in [3.8, 4) is 6.07 Å². The maximum Gasteiger partial charge on any atom is 0.219 e. The van der Waals surface area contributed by atoms with Crippen molar-refractivity contribution in [3.63, 3.8) is 0 Å². The summed E-state index contributed by atoms with van der Waals surface area (Å²) in [7, 11) is 0. The predicted molar refractivity (Wildman–Crippen MR) is 69.9 cm³/mol. The lowest BCUT2D eigenvalue weighted by atomic mass is 9.99. The number of rotatable bonds is 4. The first kappa shape index (κ1) is 14.0. The van der Waals surface area contributed by atoms with E-state index in [1.165, 1.54) is 0 Å². The summed E-state index contributed by atoms with van der Waals surface area (Å²) >= 11 is 0. The number of nitrogens with zero attached hydrogens (tertiary/aromatic N) is 2. The SMILES string of the molecule is Cc1cc(C)c(C#N)c(NC(C)(C)CC(N)=O)n1. The number of aryl methyl sites for hydroxylation is 2. The van der Waals surface area contributed by atoms with Gasteiger partial charge in [0.05, 0.1) is 5.56 Å². The number of nitrogens with two attached hydrogens (primary N) is 1. The van der Waals surface area contributed by atoms with Crippen molar-refractivity contribution in [2.75, 3.05) is 5.32 Å². The van der Waals surface area contributed by atoms with Crippen LogP contribution in [0.4, 0.5) is 5.82 Å². The largest absolute Gasteiger partial charge is 0.370 e. The van der Waals surface area contributed by atoms with E-state index in [9.17, 15) is 4.79 Å². The van der Waals surface area contributed by atoms with Gasteiger partial charge in [0, 0.05) is 17.7 Å². The second-order valence-corrected chi connectivity index (χ2v) is 5.07. The normalized spacial score (nSPS) is 10.8. The number of carbonyl (C=O) groups is 1. The molecule has 0 radical (unpaired) electrons. The van der Waals surface area contributed by atoms with Crippen LogP contribution in [-0.4, -0.2) is 16.4 Å². The molecule has 0 aromatic carbocycles. The van der Waals surface area contributed by atoms with Gasteiger partial charge >= 0.3 is 0 Å². The summed E-state index contributed by atoms with van der Waals surface area (Å²) in [6.07, 6.45) is 0.173. The molecule has 1 aromatic heterocycles. The molecular weight excluding hydrogens is 228 g/mol. The number of amides is 1. The van der Waals surface area contributed by atoms with Crippen LogP contribution < -0.4 is 11.1 Å². The van der Waals surface area contributed by atoms with Crippen LogP contribution in [0.5, 0.6) is 0 Å². The van der Waals surface area contributed by atoms with Crippen LogP contribution >= 0.6 is 0 Å². The number of aromatic nitrogens is 1. The van der Waals surface area contributed by atoms with Crippen LogP contribution in [0.2, 0.25) is 0 Å². The molecule has 18 heavy (non-hydrogen) atoms. The van der Waals surface area contributed by atoms with Gasteiger partial charge in [-0.1, -0.05) is 0 Å². The lowest BCUT2D eigenvalue weighted by Crippen LogP contribution is -2.36. The lowest BCUT2D eigenvalue weighted by molar-refractivity contribution is -0.118. The van der Waals surface area contributed by atoms with Crippen LogP contribution in [0.25, 0.3) is 0 Å². The summed E-state index contributed by atoms with van der Waals surface area (Å²) in [6, 6.07) is 3.98. The topological polar surface area (TPSA) is 91.8 Å². The molecule has 0 aliphatic rings. The molecule has 0 saturated heterocycles. The molecule has 5 heteroatoms. The highest BCUT2D eigenvalue weighted by Gasteiger charge is 2.22. The molecule has 0 aliphatic carbocycles. The molecule has 0 fully saturated rings. The van der Waals surface area contributed by atoms with E-state index in [1.54, 1.807) is 0 Å². The minimum Gasteiger partial charge on any atom is -0.370 e. The number of anilines is 1. The van der Waals surface area contributed by atoms with Crippen molar-refractivity contribution < 1.29 is 4.79 Å². The summed E-state index contributed by atoms with van der Waals surface area (Å²) in [4.78, 5) is 15.3. The van der Waals surface area contributed by atoms with Crippen LogP contribution in [0, 0.1) is 25.2 Å². The molecule has 1 heterocycles. The van der Waals surface area contributed by atoms with Crippen LogP contribution in [0.15, 0.2) is 6.07 Å². The first-order chi connectivity index (χ1) is 8.25. The van der Waals surface area contributed by atoms with Gasteiger partial charge in [0.2, 0.25) is 5.91 Å². The highest BCUT2D eigenvalue weighted by Crippen LogP contribution is 2.22. The average molecular weight is 246 g/mol. The maximum atomic E-state index is 11.0. The van der Waals surface area contributed by atoms with Crippen molar-refractivity contribution in [1.82, 2.24) is 4.98 Å². The molecule has 1 aromatic rings. The number of nitriles is 1. The molecular formula is C13H18N4O. The Labute approximate surface area is 107 Å². The number of pyridine rings is 1. The van der Waals surface area contributed by atoms with E-state index in [0.29, 0.717) is 11.4 Å². The predicted octanol–water partition coefficient (Wildman–Crippen LogP) is 1.64. The number of primary amides is 1. The fourth-order valence-corrected chi connectivity index (χ4v) is 1.87. The highest BCUT2D eigenvalue weighted by molar-refractivity contribution is 5.75. The monoisotopic (exact) mass is 246 g/mol. The van der Waals surface area contributed by atoms with Gasteiger partial charge in [0.25, 0.3) is 0 Å². The van der Waals surface area contributed by atoms with E-state index < -0.39 is 11.4 Å². The van der Waals surface area contributed by atoms with Gasteiger partial charge in [-0.2, -0.15) is 5.26 Å². The molecule has 0 bridgehead atoms. The molecule has 0 atom stereocenters. The van der Waals surface area contributed by atoms with E-state index >= 15 is 0 Å². The zero-order valence-corrected chi connectivity index (χ0v) is 11.2. The van der Waals surface area contributed by atoms with E-state index in [1.807, 2.05) is 33.8 Å². The third-order valence-electron chi connectivity index (χ3n) is 2.53. The standard InChI is InChI=1S/C13H18N4O/c1-8-5-9(2)16-12(10(8)7-14)17-13(3,4)6-11(15)18/h5H,6H2,1-4H3,(H2,15,18)(H,16,17). The number of hydrogen-bond acceptors (Lipinski definition) is 4. The van der Waals surface area contributed by atoms with Gasteiger partial charge in [0.1, 0.15) is 11.9 Å². The second-order valence-electron chi connectivity index (χ2n) is 5.07. The van der Waals surface area contributed by atoms with E-state index in [4.69, 9.17) is 11.0 Å². The van der Waals surface area contributed by atoms with Crippen LogP contribution in [0.1, 0.15) is 37.1 Å². The summed E-state index contributed by atoms with van der Waals surface area (Å²) in [5.41, 5.74) is 6.85. The lowest BCUT2D eigenvalue weighted by Gasteiger charge is -2.26. The summed E-state index contributed by atoms with van der Waals surface area (Å²) in [6.45, 7) is 7.41. The number of hydrogen-bond donors (Lipinski definition) is 2. The summed E-state index contributed by atoms with van der Waals surface area (Å²) in [5.74, 6) is 0.108. The molecule has 0 aliphatic heterocycles. The Morgan fingerprint density at radius 3 is 2.67 bits per heavy atom. The molecule has 5 nitrogen and oxygen atoms in total. The molecule has 3 N–H and O–H groups in total. The Balaban J connectivity index is 3.11. The summed E-state index contributed by atoms with van der Waals surface area (Å²) in [5, 5.41) is 12.3. The molecule has 0 unspecified atom stereocenters. The fourth-order valence-electron chi connectivity index (χ4n) is 1.87. The number of carbonyl (C=O) groups excluding carboxylic acids is 1. The first-order valence-corrected chi connectivity index (χ1v) is 5.70. The molecule has 96 valence electrons. The minimum absolute atomic E-state index is 0.173. The molecule has 1 amide bonds. The van der Waals surface area contributed by atoms with Gasteiger partial charge in [-0.25, -0.2) is 4.98 Å². The molecule has 0 saturated carbocycles. The van der Waals surface area contributed by atoms with Crippen molar-refractivity contribution in [1.29, 1.82) is 5.26 Å². The second kappa shape index (κ2) is 5.05. The zero-order valence-electron chi connectivity index (χ0n) is 11.2. The zero-order chi connectivity index (χ0) is 13.9. The average Bonchev–Trinajstić information content (AvgIpc) is 2.13. The maximum absolute atomic E-state index is 11.0. The van der Waals surface area contributed by atoms with Gasteiger partial charge < -0.3 is 11.1 Å². The summed E-state index contributed by atoms with van der Waals surface area (Å²) < 4.78 is 0. The Hall–Kier alpha value is -2.09.